The second-order valence-electron chi connectivity index (χ2n) is 8.03. The number of hydrogen-bond donors (Lipinski definition) is 1. The fourth-order valence-electron chi connectivity index (χ4n) is 4.05. The number of carbonyl (C=O) groups is 1. The molecule has 0 fully saturated rings. The minimum atomic E-state index is -0.347. The van der Waals surface area contributed by atoms with Crippen LogP contribution < -0.4 is 15.0 Å². The number of pyridine rings is 2. The maximum atomic E-state index is 14.7. The van der Waals surface area contributed by atoms with E-state index >= 15 is 0 Å². The van der Waals surface area contributed by atoms with Gasteiger partial charge in [-0.2, -0.15) is 0 Å². The molecule has 170 valence electrons. The highest BCUT2D eigenvalue weighted by molar-refractivity contribution is 6.01. The van der Waals surface area contributed by atoms with Crippen molar-refractivity contribution >= 4 is 11.6 Å². The quantitative estimate of drug-likeness (QED) is 0.461. The summed E-state index contributed by atoms with van der Waals surface area (Å²) in [5.41, 5.74) is 4.09. The molecule has 3 heterocycles. The SMILES string of the molecule is O=C(NCc1cccnc1)c1cc(-c2ccccc2F)cc2c1OCCN2Cc1cccnc1. The summed E-state index contributed by atoms with van der Waals surface area (Å²) in [5, 5.41) is 2.94. The van der Waals surface area contributed by atoms with E-state index in [1.165, 1.54) is 6.07 Å². The summed E-state index contributed by atoms with van der Waals surface area (Å²) >= 11 is 0. The largest absolute Gasteiger partial charge is 0.489 e. The molecule has 6 nitrogen and oxygen atoms in total. The van der Waals surface area contributed by atoms with Crippen molar-refractivity contribution in [2.45, 2.75) is 13.1 Å². The number of amides is 1. The summed E-state index contributed by atoms with van der Waals surface area (Å²) < 4.78 is 20.7. The fraction of sp³-hybridized carbons (Fsp3) is 0.148. The average molecular weight is 455 g/mol. The normalized spacial score (nSPS) is 12.6. The van der Waals surface area contributed by atoms with Crippen LogP contribution >= 0.6 is 0 Å². The maximum absolute atomic E-state index is 14.7. The Kier molecular flexibility index (Phi) is 6.16. The van der Waals surface area contributed by atoms with Gasteiger partial charge < -0.3 is 15.0 Å². The minimum absolute atomic E-state index is 0.290. The third-order valence-electron chi connectivity index (χ3n) is 5.72. The summed E-state index contributed by atoms with van der Waals surface area (Å²) in [5.74, 6) is -0.139. The predicted octanol–water partition coefficient (Wildman–Crippen LogP) is 4.61. The molecule has 1 aliphatic rings. The number of ether oxygens (including phenoxy) is 1. The summed E-state index contributed by atoms with van der Waals surface area (Å²) in [6, 6.07) is 17.8. The van der Waals surface area contributed by atoms with Gasteiger partial charge in [-0.15, -0.1) is 0 Å². The monoisotopic (exact) mass is 454 g/mol. The van der Waals surface area contributed by atoms with Gasteiger partial charge in [-0.05, 0) is 47.0 Å². The molecule has 1 amide bonds. The van der Waals surface area contributed by atoms with Crippen LogP contribution in [-0.4, -0.2) is 29.0 Å². The van der Waals surface area contributed by atoms with Crippen molar-refractivity contribution in [1.29, 1.82) is 0 Å². The van der Waals surface area contributed by atoms with E-state index in [9.17, 15) is 9.18 Å². The number of nitrogens with zero attached hydrogens (tertiary/aromatic N) is 3. The van der Waals surface area contributed by atoms with Crippen molar-refractivity contribution in [3.63, 3.8) is 0 Å². The average Bonchev–Trinajstić information content (AvgIpc) is 2.88. The third kappa shape index (κ3) is 4.59. The van der Waals surface area contributed by atoms with Crippen LogP contribution in [-0.2, 0) is 13.1 Å². The molecule has 0 atom stereocenters. The number of anilines is 1. The molecule has 1 aliphatic heterocycles. The van der Waals surface area contributed by atoms with Crippen molar-refractivity contribution in [3.05, 3.63) is 108 Å². The molecule has 0 unspecified atom stereocenters. The van der Waals surface area contributed by atoms with Crippen LogP contribution in [0.4, 0.5) is 10.1 Å². The molecule has 7 heteroatoms. The van der Waals surface area contributed by atoms with E-state index in [1.807, 2.05) is 36.5 Å². The Hall–Kier alpha value is -4.26. The van der Waals surface area contributed by atoms with Crippen LogP contribution in [0.5, 0.6) is 5.75 Å². The number of hydrogen-bond acceptors (Lipinski definition) is 5. The molecular formula is C27H23FN4O2. The van der Waals surface area contributed by atoms with Gasteiger partial charge >= 0.3 is 0 Å². The van der Waals surface area contributed by atoms with Crippen molar-refractivity contribution in [1.82, 2.24) is 15.3 Å². The van der Waals surface area contributed by atoms with Gasteiger partial charge in [0.05, 0.1) is 17.8 Å². The van der Waals surface area contributed by atoms with E-state index in [0.29, 0.717) is 48.7 Å². The lowest BCUT2D eigenvalue weighted by Crippen LogP contribution is -2.34. The summed E-state index contributed by atoms with van der Waals surface area (Å²) in [6.45, 7) is 2.00. The molecule has 2 aromatic carbocycles. The van der Waals surface area contributed by atoms with E-state index < -0.39 is 0 Å². The summed E-state index contributed by atoms with van der Waals surface area (Å²) in [6.07, 6.45) is 6.94. The second-order valence-corrected chi connectivity index (χ2v) is 8.03. The molecule has 5 rings (SSSR count). The zero-order chi connectivity index (χ0) is 23.3. The fourth-order valence-corrected chi connectivity index (χ4v) is 4.05. The number of nitrogens with one attached hydrogen (secondary N) is 1. The van der Waals surface area contributed by atoms with Crippen LogP contribution in [0, 0.1) is 5.82 Å². The summed E-state index contributed by atoms with van der Waals surface area (Å²) in [4.78, 5) is 23.7. The molecule has 4 aromatic rings. The Balaban J connectivity index is 1.54. The maximum Gasteiger partial charge on any atom is 0.255 e. The highest BCUT2D eigenvalue weighted by atomic mass is 19.1. The predicted molar refractivity (Wildman–Crippen MR) is 128 cm³/mol. The topological polar surface area (TPSA) is 67.3 Å². The van der Waals surface area contributed by atoms with Gasteiger partial charge in [0, 0.05) is 43.4 Å². The van der Waals surface area contributed by atoms with E-state index in [4.69, 9.17) is 4.74 Å². The van der Waals surface area contributed by atoms with Crippen molar-refractivity contribution in [2.24, 2.45) is 0 Å². The first-order chi connectivity index (χ1) is 16.7. The first kappa shape index (κ1) is 21.6. The van der Waals surface area contributed by atoms with Crippen molar-refractivity contribution < 1.29 is 13.9 Å². The Morgan fingerprint density at radius 2 is 1.76 bits per heavy atom. The smallest absolute Gasteiger partial charge is 0.255 e. The highest BCUT2D eigenvalue weighted by Gasteiger charge is 2.26. The lowest BCUT2D eigenvalue weighted by molar-refractivity contribution is 0.0946. The third-order valence-corrected chi connectivity index (χ3v) is 5.72. The number of benzene rings is 2. The number of fused-ring (bicyclic) bond motifs is 1. The highest BCUT2D eigenvalue weighted by Crippen LogP contribution is 2.40. The van der Waals surface area contributed by atoms with Crippen molar-refractivity contribution in [3.8, 4) is 16.9 Å². The standard InChI is InChI=1S/C27H23FN4O2/c28-24-8-2-1-7-22(24)21-13-23(27(33)31-17-19-5-3-9-29-15-19)26-25(14-21)32(11-12-34-26)18-20-6-4-10-30-16-20/h1-10,13-16H,11-12,17-18H2,(H,31,33). The van der Waals surface area contributed by atoms with Gasteiger partial charge in [0.25, 0.3) is 5.91 Å². The molecule has 0 bridgehead atoms. The Morgan fingerprint density at radius 3 is 2.50 bits per heavy atom. The Labute approximate surface area is 197 Å². The second kappa shape index (κ2) is 9.70. The van der Waals surface area contributed by atoms with Crippen molar-refractivity contribution in [2.75, 3.05) is 18.1 Å². The van der Waals surface area contributed by atoms with Gasteiger partial charge in [0.15, 0.2) is 5.75 Å². The number of aromatic nitrogens is 2. The molecular weight excluding hydrogens is 431 g/mol. The van der Waals surface area contributed by atoms with E-state index in [0.717, 1.165) is 16.8 Å². The number of halogens is 1. The van der Waals surface area contributed by atoms with Gasteiger partial charge in [-0.1, -0.05) is 30.3 Å². The molecule has 34 heavy (non-hydrogen) atoms. The lowest BCUT2D eigenvalue weighted by atomic mass is 9.98. The molecule has 0 saturated heterocycles. The van der Waals surface area contributed by atoms with Gasteiger partial charge in [-0.3, -0.25) is 14.8 Å². The zero-order valence-electron chi connectivity index (χ0n) is 18.4. The summed E-state index contributed by atoms with van der Waals surface area (Å²) in [7, 11) is 0. The van der Waals surface area contributed by atoms with E-state index in [-0.39, 0.29) is 11.7 Å². The van der Waals surface area contributed by atoms with Gasteiger partial charge in [-0.25, -0.2) is 4.39 Å². The van der Waals surface area contributed by atoms with Crippen LogP contribution in [0.1, 0.15) is 21.5 Å². The van der Waals surface area contributed by atoms with Crippen LogP contribution in [0.2, 0.25) is 0 Å². The number of carbonyl (C=O) groups excluding carboxylic acids is 1. The molecule has 0 aliphatic carbocycles. The molecule has 2 aromatic heterocycles. The minimum Gasteiger partial charge on any atom is -0.489 e. The first-order valence-electron chi connectivity index (χ1n) is 11.1. The first-order valence-corrected chi connectivity index (χ1v) is 11.1. The molecule has 0 spiro atoms. The van der Waals surface area contributed by atoms with Crippen LogP contribution in [0.15, 0.2) is 85.5 Å². The lowest BCUT2D eigenvalue weighted by Gasteiger charge is -2.33. The van der Waals surface area contributed by atoms with Crippen LogP contribution in [0.25, 0.3) is 11.1 Å². The van der Waals surface area contributed by atoms with Gasteiger partial charge in [0.1, 0.15) is 12.4 Å². The van der Waals surface area contributed by atoms with E-state index in [1.54, 1.807) is 42.9 Å². The van der Waals surface area contributed by atoms with Gasteiger partial charge in [0.2, 0.25) is 0 Å². The van der Waals surface area contributed by atoms with Crippen LogP contribution in [0.3, 0.4) is 0 Å². The van der Waals surface area contributed by atoms with E-state index in [2.05, 4.69) is 20.2 Å². The molecule has 1 N–H and O–H groups in total. The molecule has 0 radical (unpaired) electrons. The number of rotatable bonds is 6. The Morgan fingerprint density at radius 1 is 1.00 bits per heavy atom. The zero-order valence-corrected chi connectivity index (χ0v) is 18.4. The molecule has 0 saturated carbocycles. The Bertz CT molecular complexity index is 1300.